The Morgan fingerprint density at radius 1 is 1.36 bits per heavy atom. The van der Waals surface area contributed by atoms with Gasteiger partial charge in [0.2, 0.25) is 0 Å². The SMILES string of the molecule is C/C(N)=C/N(N)Cc1cn2cc(C3CC3)cc(N3CCNCC3)c2n1. The highest BCUT2D eigenvalue weighted by Gasteiger charge is 2.26. The van der Waals surface area contributed by atoms with Gasteiger partial charge in [-0.05, 0) is 37.3 Å². The third-order valence-electron chi connectivity index (χ3n) is 4.82. The molecule has 0 spiro atoms. The zero-order chi connectivity index (χ0) is 17.4. The number of nitrogens with two attached hydrogens (primary N) is 2. The number of imidazole rings is 1. The molecule has 1 aliphatic heterocycles. The number of hydrazine groups is 1. The van der Waals surface area contributed by atoms with Gasteiger partial charge in [-0.3, -0.25) is 0 Å². The second kappa shape index (κ2) is 6.57. The van der Waals surface area contributed by atoms with Crippen molar-refractivity contribution >= 4 is 11.3 Å². The van der Waals surface area contributed by atoms with E-state index in [9.17, 15) is 0 Å². The molecule has 0 bridgehead atoms. The molecule has 134 valence electrons. The normalized spacial score (nSPS) is 18.8. The van der Waals surface area contributed by atoms with E-state index in [2.05, 4.69) is 33.1 Å². The zero-order valence-electron chi connectivity index (χ0n) is 14.8. The Morgan fingerprint density at radius 3 is 2.80 bits per heavy atom. The lowest BCUT2D eigenvalue weighted by Crippen LogP contribution is -2.43. The van der Waals surface area contributed by atoms with E-state index >= 15 is 0 Å². The van der Waals surface area contributed by atoms with E-state index < -0.39 is 0 Å². The molecule has 4 rings (SSSR count). The van der Waals surface area contributed by atoms with Crippen LogP contribution < -0.4 is 21.8 Å². The Labute approximate surface area is 148 Å². The molecular formula is C18H27N7. The van der Waals surface area contributed by atoms with Crippen molar-refractivity contribution in [3.8, 4) is 0 Å². The van der Waals surface area contributed by atoms with Crippen LogP contribution in [0.4, 0.5) is 5.69 Å². The summed E-state index contributed by atoms with van der Waals surface area (Å²) in [5.41, 5.74) is 11.0. The molecule has 2 aliphatic rings. The highest BCUT2D eigenvalue weighted by atomic mass is 15.4. The second-order valence-electron chi connectivity index (χ2n) is 7.18. The highest BCUT2D eigenvalue weighted by molar-refractivity contribution is 5.71. The fraction of sp³-hybridized carbons (Fsp3) is 0.500. The Hall–Kier alpha value is -2.25. The lowest BCUT2D eigenvalue weighted by atomic mass is 10.1. The van der Waals surface area contributed by atoms with Crippen molar-refractivity contribution in [2.45, 2.75) is 32.2 Å². The number of aromatic nitrogens is 2. The Bertz CT molecular complexity index is 780. The summed E-state index contributed by atoms with van der Waals surface area (Å²) in [6, 6.07) is 2.35. The minimum absolute atomic E-state index is 0.538. The van der Waals surface area contributed by atoms with Gasteiger partial charge in [0.05, 0.1) is 17.9 Å². The molecule has 5 N–H and O–H groups in total. The van der Waals surface area contributed by atoms with E-state index in [1.54, 1.807) is 11.2 Å². The van der Waals surface area contributed by atoms with Crippen molar-refractivity contribution in [2.75, 3.05) is 31.1 Å². The minimum atomic E-state index is 0.538. The maximum atomic E-state index is 6.01. The van der Waals surface area contributed by atoms with Gasteiger partial charge in [0.15, 0.2) is 5.65 Å². The Balaban J connectivity index is 1.70. The van der Waals surface area contributed by atoms with E-state index in [1.807, 2.05) is 6.92 Å². The third-order valence-corrected chi connectivity index (χ3v) is 4.82. The standard InChI is InChI=1S/C18H27N7/c1-13(19)9-25(20)12-16-11-24-10-15(14-2-3-14)8-17(18(24)22-16)23-6-4-21-5-7-23/h8-11,14,21H,2-7,12,19-20H2,1H3/b13-9-. The summed E-state index contributed by atoms with van der Waals surface area (Å²) < 4.78 is 2.17. The monoisotopic (exact) mass is 341 g/mol. The fourth-order valence-corrected chi connectivity index (χ4v) is 3.50. The van der Waals surface area contributed by atoms with Gasteiger partial charge >= 0.3 is 0 Å². The van der Waals surface area contributed by atoms with Crippen LogP contribution in [0.3, 0.4) is 0 Å². The van der Waals surface area contributed by atoms with Crippen LogP contribution in [0.25, 0.3) is 5.65 Å². The molecule has 2 aromatic heterocycles. The minimum Gasteiger partial charge on any atom is -0.401 e. The topological polar surface area (TPSA) is 87.8 Å². The van der Waals surface area contributed by atoms with Crippen molar-refractivity contribution in [1.82, 2.24) is 19.7 Å². The largest absolute Gasteiger partial charge is 0.401 e. The molecule has 0 aromatic carbocycles. The van der Waals surface area contributed by atoms with Gasteiger partial charge in [-0.25, -0.2) is 10.8 Å². The quantitative estimate of drug-likeness (QED) is 0.558. The van der Waals surface area contributed by atoms with Crippen LogP contribution in [0, 0.1) is 0 Å². The molecule has 25 heavy (non-hydrogen) atoms. The molecule has 1 saturated carbocycles. The molecule has 1 aliphatic carbocycles. The first kappa shape index (κ1) is 16.2. The zero-order valence-corrected chi connectivity index (χ0v) is 14.8. The van der Waals surface area contributed by atoms with Crippen LogP contribution in [-0.2, 0) is 6.54 Å². The molecule has 7 heteroatoms. The maximum absolute atomic E-state index is 6.01. The number of rotatable bonds is 5. The predicted octanol–water partition coefficient (Wildman–Crippen LogP) is 1.12. The molecule has 3 heterocycles. The van der Waals surface area contributed by atoms with Crippen molar-refractivity contribution in [2.24, 2.45) is 11.6 Å². The predicted molar refractivity (Wildman–Crippen MR) is 99.9 cm³/mol. The van der Waals surface area contributed by atoms with Gasteiger partial charge in [0.25, 0.3) is 0 Å². The summed E-state index contributed by atoms with van der Waals surface area (Å²) in [6.07, 6.45) is 8.65. The van der Waals surface area contributed by atoms with E-state index in [1.165, 1.54) is 24.1 Å². The van der Waals surface area contributed by atoms with Crippen molar-refractivity contribution in [3.63, 3.8) is 0 Å². The first-order chi connectivity index (χ1) is 12.1. The highest BCUT2D eigenvalue weighted by Crippen LogP contribution is 2.41. The summed E-state index contributed by atoms with van der Waals surface area (Å²) in [4.78, 5) is 7.31. The lowest BCUT2D eigenvalue weighted by molar-refractivity contribution is 0.379. The Morgan fingerprint density at radius 2 is 2.12 bits per heavy atom. The van der Waals surface area contributed by atoms with Gasteiger partial charge in [-0.2, -0.15) is 0 Å². The molecule has 2 fully saturated rings. The van der Waals surface area contributed by atoms with E-state index in [0.29, 0.717) is 18.2 Å². The molecule has 1 saturated heterocycles. The number of anilines is 1. The van der Waals surface area contributed by atoms with Gasteiger partial charge in [-0.15, -0.1) is 0 Å². The van der Waals surface area contributed by atoms with Crippen molar-refractivity contribution in [3.05, 3.63) is 41.6 Å². The van der Waals surface area contributed by atoms with Crippen LogP contribution in [0.1, 0.15) is 36.9 Å². The number of allylic oxidation sites excluding steroid dienone is 1. The Kier molecular flexibility index (Phi) is 4.27. The smallest absolute Gasteiger partial charge is 0.160 e. The summed E-state index contributed by atoms with van der Waals surface area (Å²) >= 11 is 0. The summed E-state index contributed by atoms with van der Waals surface area (Å²) in [6.45, 7) is 6.44. The fourth-order valence-electron chi connectivity index (χ4n) is 3.50. The maximum Gasteiger partial charge on any atom is 0.160 e. The molecule has 0 unspecified atom stereocenters. The van der Waals surface area contributed by atoms with Gasteiger partial charge in [0, 0.05) is 50.5 Å². The average Bonchev–Trinajstić information content (AvgIpc) is 3.34. The number of hydrogen-bond acceptors (Lipinski definition) is 6. The van der Waals surface area contributed by atoms with Crippen LogP contribution >= 0.6 is 0 Å². The number of piperazine rings is 1. The van der Waals surface area contributed by atoms with Gasteiger partial charge in [0.1, 0.15) is 0 Å². The third kappa shape index (κ3) is 3.57. The van der Waals surface area contributed by atoms with Crippen LogP contribution in [0.15, 0.2) is 30.4 Å². The summed E-state index contributed by atoms with van der Waals surface area (Å²) in [7, 11) is 0. The first-order valence-corrected chi connectivity index (χ1v) is 9.02. The molecule has 0 radical (unpaired) electrons. The number of hydrogen-bond donors (Lipinski definition) is 3. The molecular weight excluding hydrogens is 314 g/mol. The average molecular weight is 341 g/mol. The molecule has 7 nitrogen and oxygen atoms in total. The van der Waals surface area contributed by atoms with Gasteiger partial charge < -0.3 is 25.4 Å². The number of fused-ring (bicyclic) bond motifs is 1. The van der Waals surface area contributed by atoms with Crippen molar-refractivity contribution in [1.29, 1.82) is 0 Å². The molecule has 2 aromatic rings. The number of pyridine rings is 1. The summed E-state index contributed by atoms with van der Waals surface area (Å²) in [5.74, 6) is 6.72. The van der Waals surface area contributed by atoms with E-state index in [-0.39, 0.29) is 0 Å². The summed E-state index contributed by atoms with van der Waals surface area (Å²) in [5, 5.41) is 5.01. The molecule has 0 amide bonds. The number of nitrogens with zero attached hydrogens (tertiary/aromatic N) is 4. The van der Waals surface area contributed by atoms with Crippen molar-refractivity contribution < 1.29 is 0 Å². The van der Waals surface area contributed by atoms with Gasteiger partial charge in [-0.1, -0.05) is 0 Å². The van der Waals surface area contributed by atoms with E-state index in [4.69, 9.17) is 16.6 Å². The first-order valence-electron chi connectivity index (χ1n) is 9.02. The van der Waals surface area contributed by atoms with Crippen LogP contribution in [0.2, 0.25) is 0 Å². The second-order valence-corrected chi connectivity index (χ2v) is 7.18. The molecule has 0 atom stereocenters. The van der Waals surface area contributed by atoms with Crippen LogP contribution in [-0.4, -0.2) is 40.6 Å². The van der Waals surface area contributed by atoms with Crippen LogP contribution in [0.5, 0.6) is 0 Å². The lowest BCUT2D eigenvalue weighted by Gasteiger charge is -2.30. The van der Waals surface area contributed by atoms with E-state index in [0.717, 1.165) is 37.5 Å². The number of nitrogens with one attached hydrogen (secondary N) is 1.